The van der Waals surface area contributed by atoms with E-state index in [0.717, 1.165) is 15.4 Å². The second kappa shape index (κ2) is 5.99. The Morgan fingerprint density at radius 2 is 1.95 bits per heavy atom. The zero-order valence-corrected chi connectivity index (χ0v) is 11.9. The molecule has 0 aliphatic rings. The van der Waals surface area contributed by atoms with Crippen LogP contribution >= 0.6 is 23.4 Å². The first kappa shape index (κ1) is 13.8. The van der Waals surface area contributed by atoms with Gasteiger partial charge in [0.05, 0.1) is 0 Å². The summed E-state index contributed by atoms with van der Waals surface area (Å²) < 4.78 is 0. The van der Waals surface area contributed by atoms with Crippen molar-refractivity contribution in [3.63, 3.8) is 0 Å². The average Bonchev–Trinajstić information content (AvgIpc) is 2.41. The highest BCUT2D eigenvalue weighted by Crippen LogP contribution is 2.34. The second-order valence-electron chi connectivity index (χ2n) is 3.99. The van der Waals surface area contributed by atoms with Gasteiger partial charge in [-0.3, -0.25) is 0 Å². The lowest BCUT2D eigenvalue weighted by Gasteiger charge is -2.10. The third-order valence-electron chi connectivity index (χ3n) is 2.64. The number of amidine groups is 1. The molecule has 0 fully saturated rings. The molecule has 0 unspecified atom stereocenters. The number of oxime groups is 1. The number of aryl methyl sites for hydroxylation is 1. The summed E-state index contributed by atoms with van der Waals surface area (Å²) in [6, 6.07) is 13.3. The van der Waals surface area contributed by atoms with Crippen molar-refractivity contribution in [2.24, 2.45) is 10.9 Å². The second-order valence-corrected chi connectivity index (χ2v) is 5.51. The van der Waals surface area contributed by atoms with Gasteiger partial charge >= 0.3 is 0 Å². The molecule has 0 aromatic heterocycles. The molecule has 0 saturated heterocycles. The van der Waals surface area contributed by atoms with E-state index >= 15 is 0 Å². The van der Waals surface area contributed by atoms with Gasteiger partial charge in [-0.25, -0.2) is 0 Å². The highest BCUT2D eigenvalue weighted by Gasteiger charge is 2.10. The fourth-order valence-corrected chi connectivity index (χ4v) is 2.95. The molecule has 0 atom stereocenters. The van der Waals surface area contributed by atoms with E-state index in [9.17, 15) is 0 Å². The van der Waals surface area contributed by atoms with Gasteiger partial charge in [0, 0.05) is 20.4 Å². The standard InChI is InChI=1S/C14H13ClN2OS/c1-9-4-2-3-5-12(9)19-13-8-10(15)6-7-11(13)14(16)17-18/h2-8,18H,1H3,(H2,16,17). The molecule has 19 heavy (non-hydrogen) atoms. The number of benzene rings is 2. The molecule has 0 aliphatic carbocycles. The van der Waals surface area contributed by atoms with E-state index in [1.54, 1.807) is 23.9 Å². The van der Waals surface area contributed by atoms with Crippen molar-refractivity contribution in [2.75, 3.05) is 0 Å². The molecule has 98 valence electrons. The van der Waals surface area contributed by atoms with E-state index in [1.165, 1.54) is 0 Å². The summed E-state index contributed by atoms with van der Waals surface area (Å²) in [5, 5.41) is 12.5. The predicted octanol–water partition coefficient (Wildman–Crippen LogP) is 3.89. The molecule has 0 spiro atoms. The first-order valence-electron chi connectivity index (χ1n) is 5.62. The fraction of sp³-hybridized carbons (Fsp3) is 0.0714. The Labute approximate surface area is 121 Å². The monoisotopic (exact) mass is 292 g/mol. The Balaban J connectivity index is 2.44. The van der Waals surface area contributed by atoms with Crippen LogP contribution in [-0.2, 0) is 0 Å². The number of nitrogens with two attached hydrogens (primary N) is 1. The molecule has 5 heteroatoms. The zero-order chi connectivity index (χ0) is 13.8. The number of nitrogens with zero attached hydrogens (tertiary/aromatic N) is 1. The summed E-state index contributed by atoms with van der Waals surface area (Å²) in [5.74, 6) is 0.0766. The Morgan fingerprint density at radius 1 is 1.21 bits per heavy atom. The molecule has 0 bridgehead atoms. The molecule has 0 amide bonds. The van der Waals surface area contributed by atoms with Crippen LogP contribution < -0.4 is 5.73 Å². The molecule has 0 heterocycles. The molecule has 0 saturated carbocycles. The lowest BCUT2D eigenvalue weighted by Crippen LogP contribution is -2.14. The van der Waals surface area contributed by atoms with E-state index in [0.29, 0.717) is 10.6 Å². The summed E-state index contributed by atoms with van der Waals surface area (Å²) in [6.45, 7) is 2.04. The van der Waals surface area contributed by atoms with Crippen LogP contribution in [0.1, 0.15) is 11.1 Å². The van der Waals surface area contributed by atoms with E-state index in [-0.39, 0.29) is 5.84 Å². The average molecular weight is 293 g/mol. The van der Waals surface area contributed by atoms with Crippen molar-refractivity contribution < 1.29 is 5.21 Å². The van der Waals surface area contributed by atoms with Gasteiger partial charge in [-0.05, 0) is 36.8 Å². The Bertz CT molecular complexity index is 629. The van der Waals surface area contributed by atoms with E-state index in [1.807, 2.05) is 37.3 Å². The third kappa shape index (κ3) is 3.22. The van der Waals surface area contributed by atoms with Gasteiger partial charge in [-0.15, -0.1) is 0 Å². The Morgan fingerprint density at radius 3 is 2.63 bits per heavy atom. The molecule has 0 aliphatic heterocycles. The minimum Gasteiger partial charge on any atom is -0.409 e. The molecule has 3 nitrogen and oxygen atoms in total. The first-order valence-corrected chi connectivity index (χ1v) is 6.82. The number of hydrogen-bond acceptors (Lipinski definition) is 3. The van der Waals surface area contributed by atoms with E-state index < -0.39 is 0 Å². The maximum atomic E-state index is 8.82. The molecular formula is C14H13ClN2OS. The summed E-state index contributed by atoms with van der Waals surface area (Å²) in [5.41, 5.74) is 7.51. The Hall–Kier alpha value is -1.65. The van der Waals surface area contributed by atoms with Gasteiger partial charge in [0.15, 0.2) is 5.84 Å². The minimum atomic E-state index is 0.0766. The Kier molecular flexibility index (Phi) is 4.35. The summed E-state index contributed by atoms with van der Waals surface area (Å²) in [7, 11) is 0. The quantitative estimate of drug-likeness (QED) is 0.390. The van der Waals surface area contributed by atoms with Crippen LogP contribution in [0.2, 0.25) is 5.02 Å². The number of rotatable bonds is 3. The minimum absolute atomic E-state index is 0.0766. The van der Waals surface area contributed by atoms with Crippen LogP contribution in [0.4, 0.5) is 0 Å². The van der Waals surface area contributed by atoms with Gasteiger partial charge in [-0.1, -0.05) is 46.7 Å². The predicted molar refractivity (Wildman–Crippen MR) is 79.3 cm³/mol. The van der Waals surface area contributed by atoms with Gasteiger partial charge in [0.2, 0.25) is 0 Å². The smallest absolute Gasteiger partial charge is 0.171 e. The molecule has 2 rings (SSSR count). The van der Waals surface area contributed by atoms with Crippen LogP contribution in [-0.4, -0.2) is 11.0 Å². The third-order valence-corrected chi connectivity index (χ3v) is 4.11. The summed E-state index contributed by atoms with van der Waals surface area (Å²) in [6.07, 6.45) is 0. The first-order chi connectivity index (χ1) is 9.11. The van der Waals surface area contributed by atoms with Crippen LogP contribution in [0.5, 0.6) is 0 Å². The topological polar surface area (TPSA) is 58.6 Å². The van der Waals surface area contributed by atoms with Crippen LogP contribution in [0.3, 0.4) is 0 Å². The van der Waals surface area contributed by atoms with Crippen molar-refractivity contribution >= 4 is 29.2 Å². The lowest BCUT2D eigenvalue weighted by atomic mass is 10.2. The molecule has 2 aromatic carbocycles. The normalized spacial score (nSPS) is 11.6. The molecule has 0 radical (unpaired) electrons. The van der Waals surface area contributed by atoms with E-state index in [2.05, 4.69) is 5.16 Å². The SMILES string of the molecule is Cc1ccccc1Sc1cc(Cl)ccc1C(N)=NO. The van der Waals surface area contributed by atoms with Gasteiger partial charge in [-0.2, -0.15) is 0 Å². The zero-order valence-electron chi connectivity index (χ0n) is 10.3. The summed E-state index contributed by atoms with van der Waals surface area (Å²) in [4.78, 5) is 1.97. The van der Waals surface area contributed by atoms with Crippen molar-refractivity contribution in [3.8, 4) is 0 Å². The van der Waals surface area contributed by atoms with Gasteiger partial charge in [0.25, 0.3) is 0 Å². The van der Waals surface area contributed by atoms with Gasteiger partial charge in [0.1, 0.15) is 0 Å². The fourth-order valence-electron chi connectivity index (χ4n) is 1.64. The van der Waals surface area contributed by atoms with E-state index in [4.69, 9.17) is 22.5 Å². The van der Waals surface area contributed by atoms with Crippen molar-refractivity contribution in [2.45, 2.75) is 16.7 Å². The number of halogens is 1. The van der Waals surface area contributed by atoms with Crippen LogP contribution in [0.15, 0.2) is 57.4 Å². The molecule has 3 N–H and O–H groups in total. The number of hydrogen-bond donors (Lipinski definition) is 2. The molecule has 2 aromatic rings. The summed E-state index contributed by atoms with van der Waals surface area (Å²) >= 11 is 7.56. The lowest BCUT2D eigenvalue weighted by molar-refractivity contribution is 0.318. The molecular weight excluding hydrogens is 280 g/mol. The van der Waals surface area contributed by atoms with Crippen LogP contribution in [0.25, 0.3) is 0 Å². The van der Waals surface area contributed by atoms with Crippen molar-refractivity contribution in [1.82, 2.24) is 0 Å². The highest BCUT2D eigenvalue weighted by atomic mass is 35.5. The maximum absolute atomic E-state index is 8.82. The van der Waals surface area contributed by atoms with Crippen molar-refractivity contribution in [3.05, 3.63) is 58.6 Å². The van der Waals surface area contributed by atoms with Gasteiger partial charge < -0.3 is 10.9 Å². The maximum Gasteiger partial charge on any atom is 0.171 e. The van der Waals surface area contributed by atoms with Crippen molar-refractivity contribution in [1.29, 1.82) is 0 Å². The van der Waals surface area contributed by atoms with Crippen LogP contribution in [0, 0.1) is 6.92 Å². The highest BCUT2D eigenvalue weighted by molar-refractivity contribution is 7.99. The largest absolute Gasteiger partial charge is 0.409 e.